The molecule has 0 aliphatic carbocycles. The molecular weight excluding hydrogens is 336 g/mol. The van der Waals surface area contributed by atoms with Crippen LogP contribution >= 0.6 is 0 Å². The summed E-state index contributed by atoms with van der Waals surface area (Å²) in [6.45, 7) is 10.9. The molecule has 152 valence electrons. The summed E-state index contributed by atoms with van der Waals surface area (Å²) in [6.07, 6.45) is 4.58. The molecule has 1 saturated heterocycles. The SMILES string of the molecule is CCCCON[C@@H]1CC[C@@H](C(=O)OCCCC)N(C(=O)OC(C)(C)C)C1. The highest BCUT2D eigenvalue weighted by Crippen LogP contribution is 2.22. The Balaban J connectivity index is 2.69. The van der Waals surface area contributed by atoms with Crippen molar-refractivity contribution in [1.29, 1.82) is 0 Å². The molecule has 1 amide bonds. The lowest BCUT2D eigenvalue weighted by Crippen LogP contribution is -2.56. The van der Waals surface area contributed by atoms with E-state index in [4.69, 9.17) is 14.3 Å². The number of likely N-dealkylation sites (tertiary alicyclic amines) is 1. The third-order valence-electron chi connectivity index (χ3n) is 4.07. The molecule has 0 radical (unpaired) electrons. The zero-order valence-electron chi connectivity index (χ0n) is 17.0. The van der Waals surface area contributed by atoms with Gasteiger partial charge in [0.25, 0.3) is 0 Å². The first-order valence-corrected chi connectivity index (χ1v) is 9.82. The molecule has 0 saturated carbocycles. The fourth-order valence-corrected chi connectivity index (χ4v) is 2.64. The van der Waals surface area contributed by atoms with E-state index in [9.17, 15) is 9.59 Å². The van der Waals surface area contributed by atoms with Crippen molar-refractivity contribution in [3.05, 3.63) is 0 Å². The summed E-state index contributed by atoms with van der Waals surface area (Å²) in [6, 6.07) is -0.630. The number of esters is 1. The topological polar surface area (TPSA) is 77.1 Å². The summed E-state index contributed by atoms with van der Waals surface area (Å²) in [4.78, 5) is 32.0. The number of hydrogen-bond donors (Lipinski definition) is 1. The van der Waals surface area contributed by atoms with Gasteiger partial charge in [-0.05, 0) is 46.5 Å². The molecular formula is C19H36N2O5. The van der Waals surface area contributed by atoms with Crippen LogP contribution in [0.15, 0.2) is 0 Å². The molecule has 2 atom stereocenters. The largest absolute Gasteiger partial charge is 0.464 e. The van der Waals surface area contributed by atoms with E-state index < -0.39 is 17.7 Å². The van der Waals surface area contributed by atoms with Crippen molar-refractivity contribution in [3.8, 4) is 0 Å². The van der Waals surface area contributed by atoms with Crippen molar-refractivity contribution < 1.29 is 23.9 Å². The van der Waals surface area contributed by atoms with E-state index in [1.807, 2.05) is 27.7 Å². The molecule has 0 bridgehead atoms. The molecule has 26 heavy (non-hydrogen) atoms. The van der Waals surface area contributed by atoms with Crippen LogP contribution in [0.3, 0.4) is 0 Å². The number of piperidine rings is 1. The summed E-state index contributed by atoms with van der Waals surface area (Å²) >= 11 is 0. The lowest BCUT2D eigenvalue weighted by molar-refractivity contribution is -0.152. The van der Waals surface area contributed by atoms with E-state index in [1.165, 1.54) is 4.90 Å². The molecule has 1 rings (SSSR count). The molecule has 7 nitrogen and oxygen atoms in total. The van der Waals surface area contributed by atoms with Gasteiger partial charge in [-0.2, -0.15) is 5.48 Å². The first-order valence-electron chi connectivity index (χ1n) is 9.82. The van der Waals surface area contributed by atoms with E-state index in [0.29, 0.717) is 26.2 Å². The lowest BCUT2D eigenvalue weighted by Gasteiger charge is -2.38. The maximum atomic E-state index is 12.6. The second-order valence-corrected chi connectivity index (χ2v) is 7.76. The highest BCUT2D eigenvalue weighted by atomic mass is 16.6. The van der Waals surface area contributed by atoms with Gasteiger partial charge in [0, 0.05) is 6.54 Å². The van der Waals surface area contributed by atoms with E-state index in [2.05, 4.69) is 12.4 Å². The van der Waals surface area contributed by atoms with Crippen LogP contribution < -0.4 is 5.48 Å². The van der Waals surface area contributed by atoms with E-state index >= 15 is 0 Å². The van der Waals surface area contributed by atoms with E-state index in [-0.39, 0.29) is 12.0 Å². The first kappa shape index (κ1) is 22.7. The number of nitrogens with zero attached hydrogens (tertiary/aromatic N) is 1. The zero-order chi connectivity index (χ0) is 19.6. The number of hydrogen-bond acceptors (Lipinski definition) is 6. The average Bonchev–Trinajstić information content (AvgIpc) is 2.57. The van der Waals surface area contributed by atoms with Crippen molar-refractivity contribution in [1.82, 2.24) is 10.4 Å². The van der Waals surface area contributed by atoms with Gasteiger partial charge >= 0.3 is 12.1 Å². The molecule has 1 aliphatic heterocycles. The number of ether oxygens (including phenoxy) is 2. The minimum absolute atomic E-state index is 0.0286. The number of carbonyl (C=O) groups excluding carboxylic acids is 2. The van der Waals surface area contributed by atoms with Crippen molar-refractivity contribution in [2.24, 2.45) is 0 Å². The van der Waals surface area contributed by atoms with Gasteiger partial charge in [0.2, 0.25) is 0 Å². The molecule has 1 aliphatic rings. The Morgan fingerprint density at radius 2 is 1.73 bits per heavy atom. The molecule has 1 fully saturated rings. The van der Waals surface area contributed by atoms with Crippen LogP contribution in [0.4, 0.5) is 4.79 Å². The molecule has 0 unspecified atom stereocenters. The summed E-state index contributed by atoms with van der Waals surface area (Å²) in [5, 5.41) is 0. The van der Waals surface area contributed by atoms with Crippen molar-refractivity contribution in [2.75, 3.05) is 19.8 Å². The highest BCUT2D eigenvalue weighted by molar-refractivity contribution is 5.81. The minimum Gasteiger partial charge on any atom is -0.464 e. The van der Waals surface area contributed by atoms with E-state index in [0.717, 1.165) is 32.1 Å². The van der Waals surface area contributed by atoms with Gasteiger partial charge in [0.05, 0.1) is 19.3 Å². The number of unbranched alkanes of at least 4 members (excludes halogenated alkanes) is 2. The number of hydroxylamine groups is 1. The van der Waals surface area contributed by atoms with Crippen LogP contribution in [0, 0.1) is 0 Å². The quantitative estimate of drug-likeness (QED) is 0.380. The molecule has 0 aromatic carbocycles. The van der Waals surface area contributed by atoms with Crippen LogP contribution in [0.5, 0.6) is 0 Å². The zero-order valence-corrected chi connectivity index (χ0v) is 17.0. The molecule has 0 spiro atoms. The summed E-state index contributed by atoms with van der Waals surface area (Å²) in [5.41, 5.74) is 2.40. The number of amides is 1. The van der Waals surface area contributed by atoms with Crippen LogP contribution in [0.2, 0.25) is 0 Å². The molecule has 1 N–H and O–H groups in total. The molecule has 0 aromatic heterocycles. The Bertz CT molecular complexity index is 436. The average molecular weight is 373 g/mol. The van der Waals surface area contributed by atoms with Gasteiger partial charge in [-0.1, -0.05) is 26.7 Å². The van der Waals surface area contributed by atoms with Crippen molar-refractivity contribution in [3.63, 3.8) is 0 Å². The number of nitrogens with one attached hydrogen (secondary N) is 1. The van der Waals surface area contributed by atoms with Gasteiger partial charge in [0.1, 0.15) is 11.6 Å². The predicted octanol–water partition coefficient (Wildman–Crippen LogP) is 3.42. The number of carbonyl (C=O) groups is 2. The predicted molar refractivity (Wildman–Crippen MR) is 99.6 cm³/mol. The van der Waals surface area contributed by atoms with Crippen molar-refractivity contribution in [2.45, 2.75) is 90.8 Å². The maximum Gasteiger partial charge on any atom is 0.411 e. The summed E-state index contributed by atoms with van der Waals surface area (Å²) in [5.74, 6) is -0.352. The highest BCUT2D eigenvalue weighted by Gasteiger charge is 2.39. The maximum absolute atomic E-state index is 12.6. The molecule has 7 heteroatoms. The van der Waals surface area contributed by atoms with Gasteiger partial charge in [-0.15, -0.1) is 0 Å². The third kappa shape index (κ3) is 8.36. The smallest absolute Gasteiger partial charge is 0.411 e. The van der Waals surface area contributed by atoms with Crippen LogP contribution in [0.25, 0.3) is 0 Å². The standard InChI is InChI=1S/C19H36N2O5/c1-6-8-12-24-17(22)16-11-10-15(20-25-13-9-7-2)14-21(16)18(23)26-19(3,4)5/h15-16,20H,6-14H2,1-5H3/t15-,16+/m1/s1. The van der Waals surface area contributed by atoms with Crippen LogP contribution in [-0.4, -0.2) is 54.4 Å². The van der Waals surface area contributed by atoms with Gasteiger partial charge in [0.15, 0.2) is 0 Å². The molecule has 1 heterocycles. The Morgan fingerprint density at radius 1 is 1.08 bits per heavy atom. The fraction of sp³-hybridized carbons (Fsp3) is 0.895. The van der Waals surface area contributed by atoms with Gasteiger partial charge < -0.3 is 14.3 Å². The Labute approximate surface area is 157 Å². The normalized spacial score (nSPS) is 20.7. The third-order valence-corrected chi connectivity index (χ3v) is 4.07. The van der Waals surface area contributed by atoms with Gasteiger partial charge in [-0.3, -0.25) is 4.90 Å². The second-order valence-electron chi connectivity index (χ2n) is 7.76. The Morgan fingerprint density at radius 3 is 2.35 bits per heavy atom. The summed E-state index contributed by atoms with van der Waals surface area (Å²) in [7, 11) is 0. The van der Waals surface area contributed by atoms with E-state index in [1.54, 1.807) is 0 Å². The van der Waals surface area contributed by atoms with Crippen LogP contribution in [-0.2, 0) is 19.1 Å². The molecule has 0 aromatic rings. The second kappa shape index (κ2) is 11.4. The number of rotatable bonds is 9. The lowest BCUT2D eigenvalue weighted by atomic mass is 9.99. The monoisotopic (exact) mass is 372 g/mol. The summed E-state index contributed by atoms with van der Waals surface area (Å²) < 4.78 is 10.8. The first-order chi connectivity index (χ1) is 12.3. The van der Waals surface area contributed by atoms with Crippen molar-refractivity contribution >= 4 is 12.1 Å². The fourth-order valence-electron chi connectivity index (χ4n) is 2.64. The minimum atomic E-state index is -0.619. The Hall–Kier alpha value is -1.34. The van der Waals surface area contributed by atoms with Gasteiger partial charge in [-0.25, -0.2) is 9.59 Å². The van der Waals surface area contributed by atoms with Crippen LogP contribution in [0.1, 0.15) is 73.1 Å². The Kier molecular flexibility index (Phi) is 9.94.